The molecule has 0 bridgehead atoms. The van der Waals surface area contributed by atoms with Crippen molar-refractivity contribution in [3.8, 4) is 0 Å². The first-order chi connectivity index (χ1) is 5.45. The van der Waals surface area contributed by atoms with E-state index in [1.54, 1.807) is 0 Å². The number of carboxylic acid groups (broad SMARTS) is 1. The summed E-state index contributed by atoms with van der Waals surface area (Å²) in [7, 11) is 0. The van der Waals surface area contributed by atoms with E-state index in [4.69, 9.17) is 20.9 Å². The summed E-state index contributed by atoms with van der Waals surface area (Å²) in [6, 6.07) is -0.690. The van der Waals surface area contributed by atoms with Gasteiger partial charge in [-0.3, -0.25) is 4.79 Å². The van der Waals surface area contributed by atoms with Crippen LogP contribution in [0.4, 0.5) is 0 Å². The van der Waals surface area contributed by atoms with Gasteiger partial charge < -0.3 is 20.9 Å². The highest BCUT2D eigenvalue weighted by atomic mass is 16.4. The Balaban J connectivity index is 0. The van der Waals surface area contributed by atoms with Crippen molar-refractivity contribution in [2.24, 2.45) is 11.7 Å². The lowest BCUT2D eigenvalue weighted by Gasteiger charge is -2.07. The van der Waals surface area contributed by atoms with Gasteiger partial charge in [-0.05, 0) is 12.3 Å². The molecule has 0 aliphatic rings. The molecule has 0 saturated carbocycles. The predicted molar refractivity (Wildman–Crippen MR) is 45.3 cm³/mol. The molecule has 1 atom stereocenters. The van der Waals surface area contributed by atoms with Crippen LogP contribution >= 0.6 is 0 Å². The van der Waals surface area contributed by atoms with Gasteiger partial charge in [-0.1, -0.05) is 13.8 Å². The maximum absolute atomic E-state index is 10.1. The molecule has 1 radical (unpaired) electrons. The van der Waals surface area contributed by atoms with Gasteiger partial charge in [-0.15, -0.1) is 0 Å². The molecule has 5 N–H and O–H groups in total. The molecule has 0 saturated heterocycles. The number of rotatable bonds is 3. The fourth-order valence-corrected chi connectivity index (χ4v) is 0.609. The first-order valence-electron chi connectivity index (χ1n) is 3.54. The molecule has 1 unspecified atom stereocenters. The summed E-state index contributed by atoms with van der Waals surface area (Å²) in [6.45, 7) is 3.89. The van der Waals surface area contributed by atoms with Gasteiger partial charge in [-0.2, -0.15) is 0 Å². The molecule has 5 nitrogen and oxygen atoms in total. The maximum Gasteiger partial charge on any atom is 0.482 e. The molecule has 6 heteroatoms. The number of carbonyl (C=O) groups is 1. The SMILES string of the molecule is CC(C)CC(N)C(=O)O.O[B]O. The van der Waals surface area contributed by atoms with Crippen LogP contribution in [0.15, 0.2) is 0 Å². The van der Waals surface area contributed by atoms with Crippen LogP contribution in [0.3, 0.4) is 0 Å². The van der Waals surface area contributed by atoms with Crippen molar-refractivity contribution in [1.29, 1.82) is 0 Å². The highest BCUT2D eigenvalue weighted by Gasteiger charge is 2.11. The monoisotopic (exact) mass is 176 g/mol. The first-order valence-corrected chi connectivity index (χ1v) is 3.54. The van der Waals surface area contributed by atoms with Crippen LogP contribution in [0, 0.1) is 5.92 Å². The van der Waals surface area contributed by atoms with Crippen LogP contribution in [0.25, 0.3) is 0 Å². The number of hydrogen-bond donors (Lipinski definition) is 4. The third-order valence-electron chi connectivity index (χ3n) is 1.04. The number of aliphatic carboxylic acids is 1. The fourth-order valence-electron chi connectivity index (χ4n) is 0.609. The molecule has 0 amide bonds. The van der Waals surface area contributed by atoms with E-state index < -0.39 is 12.0 Å². The van der Waals surface area contributed by atoms with Crippen molar-refractivity contribution in [3.63, 3.8) is 0 Å². The standard InChI is InChI=1S/C6H13NO2.BH2O2/c1-4(2)3-5(7)6(8)9;2-1-3/h4-5H,3,7H2,1-2H3,(H,8,9);2-3H. The minimum absolute atomic E-state index is 0. The van der Waals surface area contributed by atoms with E-state index in [0.717, 1.165) is 0 Å². The third-order valence-corrected chi connectivity index (χ3v) is 1.04. The topological polar surface area (TPSA) is 104 Å². The van der Waals surface area contributed by atoms with Crippen LogP contribution < -0.4 is 5.73 Å². The molecule has 12 heavy (non-hydrogen) atoms. The fraction of sp³-hybridized carbons (Fsp3) is 0.833. The Morgan fingerprint density at radius 1 is 1.50 bits per heavy atom. The van der Waals surface area contributed by atoms with Gasteiger partial charge in [0.25, 0.3) is 0 Å². The van der Waals surface area contributed by atoms with E-state index in [1.165, 1.54) is 0 Å². The molecule has 0 heterocycles. The van der Waals surface area contributed by atoms with Gasteiger partial charge in [0.1, 0.15) is 6.04 Å². The summed E-state index contributed by atoms with van der Waals surface area (Å²) in [4.78, 5) is 10.1. The van der Waals surface area contributed by atoms with Crippen LogP contribution in [-0.4, -0.2) is 34.9 Å². The molecule has 0 aliphatic carbocycles. The predicted octanol–water partition coefficient (Wildman–Crippen LogP) is -1.05. The van der Waals surface area contributed by atoms with Crippen LogP contribution in [0.2, 0.25) is 0 Å². The van der Waals surface area contributed by atoms with E-state index >= 15 is 0 Å². The average Bonchev–Trinajstić information content (AvgIpc) is 1.87. The second-order valence-electron chi connectivity index (χ2n) is 2.69. The Hall–Kier alpha value is -0.585. The van der Waals surface area contributed by atoms with Gasteiger partial charge in [0, 0.05) is 0 Å². The Morgan fingerprint density at radius 2 is 1.83 bits per heavy atom. The Labute approximate surface area is 72.5 Å². The molecule has 71 valence electrons. The summed E-state index contributed by atoms with van der Waals surface area (Å²) in [6.07, 6.45) is 0.551. The second-order valence-corrected chi connectivity index (χ2v) is 2.69. The summed E-state index contributed by atoms with van der Waals surface area (Å²) in [5, 5.41) is 22.3. The van der Waals surface area contributed by atoms with E-state index in [9.17, 15) is 4.79 Å². The minimum Gasteiger partial charge on any atom is -0.480 e. The third kappa shape index (κ3) is 12.1. The zero-order valence-corrected chi connectivity index (χ0v) is 7.27. The molecule has 0 aliphatic heterocycles. The van der Waals surface area contributed by atoms with E-state index in [2.05, 4.69) is 0 Å². The molecule has 0 fully saturated rings. The zero-order valence-electron chi connectivity index (χ0n) is 7.27. The molecule has 0 rings (SSSR count). The van der Waals surface area contributed by atoms with E-state index in [1.807, 2.05) is 13.8 Å². The largest absolute Gasteiger partial charge is 0.482 e. The lowest BCUT2D eigenvalue weighted by Crippen LogP contribution is -2.31. The van der Waals surface area contributed by atoms with E-state index in [-0.39, 0.29) is 7.69 Å². The van der Waals surface area contributed by atoms with Gasteiger partial charge >= 0.3 is 13.7 Å². The van der Waals surface area contributed by atoms with Crippen molar-refractivity contribution >= 4 is 13.7 Å². The summed E-state index contributed by atoms with van der Waals surface area (Å²) < 4.78 is 0. The Kier molecular flexibility index (Phi) is 9.91. The van der Waals surface area contributed by atoms with Gasteiger partial charge in [-0.25, -0.2) is 0 Å². The second kappa shape index (κ2) is 8.51. The lowest BCUT2D eigenvalue weighted by atomic mass is 10.1. The van der Waals surface area contributed by atoms with Crippen LogP contribution in [0.5, 0.6) is 0 Å². The zero-order chi connectivity index (χ0) is 10.1. The molecule has 0 aromatic carbocycles. The van der Waals surface area contributed by atoms with Crippen LogP contribution in [-0.2, 0) is 4.79 Å². The van der Waals surface area contributed by atoms with Crippen molar-refractivity contribution in [1.82, 2.24) is 0 Å². The number of nitrogens with two attached hydrogens (primary N) is 1. The van der Waals surface area contributed by atoms with E-state index in [0.29, 0.717) is 12.3 Å². The van der Waals surface area contributed by atoms with Crippen molar-refractivity contribution in [2.45, 2.75) is 26.3 Å². The summed E-state index contributed by atoms with van der Waals surface area (Å²) in [5.41, 5.74) is 5.22. The smallest absolute Gasteiger partial charge is 0.480 e. The van der Waals surface area contributed by atoms with Gasteiger partial charge in [0.2, 0.25) is 0 Å². The highest BCUT2D eigenvalue weighted by molar-refractivity contribution is 6.13. The molecular weight excluding hydrogens is 161 g/mol. The number of hydrogen-bond acceptors (Lipinski definition) is 4. The Bertz CT molecular complexity index is 120. The van der Waals surface area contributed by atoms with Gasteiger partial charge in [0.05, 0.1) is 0 Å². The summed E-state index contributed by atoms with van der Waals surface area (Å²) in [5.74, 6) is -0.556. The molecular formula is C6H15BNO4. The van der Waals surface area contributed by atoms with Crippen molar-refractivity contribution in [2.75, 3.05) is 0 Å². The normalized spacial score (nSPS) is 11.5. The van der Waals surface area contributed by atoms with Crippen molar-refractivity contribution in [3.05, 3.63) is 0 Å². The first kappa shape index (κ1) is 14.0. The van der Waals surface area contributed by atoms with Gasteiger partial charge in [0.15, 0.2) is 0 Å². The minimum atomic E-state index is -0.913. The highest BCUT2D eigenvalue weighted by Crippen LogP contribution is 2.01. The molecule has 0 spiro atoms. The average molecular weight is 176 g/mol. The Morgan fingerprint density at radius 3 is 1.92 bits per heavy atom. The summed E-state index contributed by atoms with van der Waals surface area (Å²) >= 11 is 0. The van der Waals surface area contributed by atoms with Crippen LogP contribution in [0.1, 0.15) is 20.3 Å². The number of carboxylic acids is 1. The molecule has 0 aromatic heterocycles. The lowest BCUT2D eigenvalue weighted by molar-refractivity contribution is -0.138. The molecule has 0 aromatic rings. The maximum atomic E-state index is 10.1. The quantitative estimate of drug-likeness (QED) is 0.410. The van der Waals surface area contributed by atoms with Crippen molar-refractivity contribution < 1.29 is 19.9 Å².